The minimum absolute atomic E-state index is 0.0723. The molecule has 0 saturated heterocycles. The molecule has 104 valence electrons. The molecule has 2 aromatic rings. The molecule has 0 amide bonds. The molecule has 1 N–H and O–H groups in total. The third-order valence-electron chi connectivity index (χ3n) is 2.72. The Balaban J connectivity index is 1.86. The van der Waals surface area contributed by atoms with E-state index in [1.807, 2.05) is 18.2 Å². The highest BCUT2D eigenvalue weighted by molar-refractivity contribution is 6.29. The molecule has 0 unspecified atom stereocenters. The van der Waals surface area contributed by atoms with Gasteiger partial charge in [-0.2, -0.15) is 0 Å². The second-order valence-electron chi connectivity index (χ2n) is 4.26. The van der Waals surface area contributed by atoms with E-state index in [-0.39, 0.29) is 16.6 Å². The van der Waals surface area contributed by atoms with Gasteiger partial charge in [0.15, 0.2) is 0 Å². The lowest BCUT2D eigenvalue weighted by Crippen LogP contribution is -2.03. The van der Waals surface area contributed by atoms with Crippen LogP contribution in [-0.2, 0) is 6.42 Å². The number of aromatic nitrogens is 1. The van der Waals surface area contributed by atoms with E-state index >= 15 is 0 Å². The van der Waals surface area contributed by atoms with Crippen LogP contribution in [0, 0.1) is 0 Å². The van der Waals surface area contributed by atoms with Gasteiger partial charge in [0, 0.05) is 6.07 Å². The predicted octanol–water partition coefficient (Wildman–Crippen LogP) is 3.44. The SMILES string of the molecule is O=C(O)c1cc(Cl)nc(OCCCc2ccccc2)c1. The number of aryl methyl sites for hydroxylation is 1. The Hall–Kier alpha value is -2.07. The van der Waals surface area contributed by atoms with Gasteiger partial charge in [-0.25, -0.2) is 9.78 Å². The summed E-state index contributed by atoms with van der Waals surface area (Å²) in [6.45, 7) is 0.460. The molecule has 0 saturated carbocycles. The van der Waals surface area contributed by atoms with E-state index in [1.54, 1.807) is 0 Å². The first-order valence-electron chi connectivity index (χ1n) is 6.23. The normalized spacial score (nSPS) is 10.2. The van der Waals surface area contributed by atoms with Gasteiger partial charge in [0.2, 0.25) is 5.88 Å². The summed E-state index contributed by atoms with van der Waals surface area (Å²) in [5.41, 5.74) is 1.31. The van der Waals surface area contributed by atoms with Gasteiger partial charge in [-0.1, -0.05) is 41.9 Å². The number of hydrogen-bond acceptors (Lipinski definition) is 3. The van der Waals surface area contributed by atoms with Crippen molar-refractivity contribution in [1.82, 2.24) is 4.98 Å². The summed E-state index contributed by atoms with van der Waals surface area (Å²) in [5.74, 6) is -0.814. The van der Waals surface area contributed by atoms with Crippen molar-refractivity contribution in [3.05, 3.63) is 58.7 Å². The van der Waals surface area contributed by atoms with Gasteiger partial charge < -0.3 is 9.84 Å². The number of rotatable bonds is 6. The van der Waals surface area contributed by atoms with Crippen molar-refractivity contribution >= 4 is 17.6 Å². The molecule has 1 heterocycles. The van der Waals surface area contributed by atoms with E-state index in [0.717, 1.165) is 12.8 Å². The summed E-state index contributed by atoms with van der Waals surface area (Å²) >= 11 is 5.75. The van der Waals surface area contributed by atoms with E-state index in [2.05, 4.69) is 17.1 Å². The fraction of sp³-hybridized carbons (Fsp3) is 0.200. The molecule has 0 fully saturated rings. The lowest BCUT2D eigenvalue weighted by Gasteiger charge is -2.06. The molecular weight excluding hydrogens is 278 g/mol. The smallest absolute Gasteiger partial charge is 0.335 e. The molecule has 4 nitrogen and oxygen atoms in total. The molecular formula is C15H14ClNO3. The molecule has 5 heteroatoms. The van der Waals surface area contributed by atoms with Crippen molar-refractivity contribution in [1.29, 1.82) is 0 Å². The standard InChI is InChI=1S/C15H14ClNO3/c16-13-9-12(15(18)19)10-14(17-13)20-8-4-7-11-5-2-1-3-6-11/h1-3,5-6,9-10H,4,7-8H2,(H,18,19). The van der Waals surface area contributed by atoms with Crippen molar-refractivity contribution < 1.29 is 14.6 Å². The average molecular weight is 292 g/mol. The highest BCUT2D eigenvalue weighted by Crippen LogP contribution is 2.16. The minimum atomic E-state index is -1.05. The first-order valence-corrected chi connectivity index (χ1v) is 6.60. The van der Waals surface area contributed by atoms with Crippen LogP contribution in [0.2, 0.25) is 5.15 Å². The number of hydrogen-bond donors (Lipinski definition) is 1. The maximum atomic E-state index is 10.9. The number of nitrogens with zero attached hydrogens (tertiary/aromatic N) is 1. The van der Waals surface area contributed by atoms with Gasteiger partial charge in [-0.3, -0.25) is 0 Å². The number of carbonyl (C=O) groups is 1. The van der Waals surface area contributed by atoms with Crippen LogP contribution in [0.3, 0.4) is 0 Å². The van der Waals surface area contributed by atoms with Crippen molar-refractivity contribution in [3.63, 3.8) is 0 Å². The van der Waals surface area contributed by atoms with Crippen LogP contribution in [0.15, 0.2) is 42.5 Å². The monoisotopic (exact) mass is 291 g/mol. The Morgan fingerprint density at radius 1 is 1.25 bits per heavy atom. The largest absolute Gasteiger partial charge is 0.478 e. The van der Waals surface area contributed by atoms with E-state index in [0.29, 0.717) is 6.61 Å². The summed E-state index contributed by atoms with van der Waals surface area (Å²) in [4.78, 5) is 14.8. The molecule has 0 aliphatic rings. The minimum Gasteiger partial charge on any atom is -0.478 e. The molecule has 20 heavy (non-hydrogen) atoms. The van der Waals surface area contributed by atoms with E-state index in [1.165, 1.54) is 17.7 Å². The van der Waals surface area contributed by atoms with Crippen LogP contribution in [0.5, 0.6) is 5.88 Å². The van der Waals surface area contributed by atoms with Gasteiger partial charge in [-0.05, 0) is 24.5 Å². The second-order valence-corrected chi connectivity index (χ2v) is 4.65. The molecule has 0 atom stereocenters. The van der Waals surface area contributed by atoms with Crippen LogP contribution in [0.25, 0.3) is 0 Å². The molecule has 0 aliphatic heterocycles. The third-order valence-corrected chi connectivity index (χ3v) is 2.91. The summed E-state index contributed by atoms with van der Waals surface area (Å²) in [6.07, 6.45) is 1.72. The van der Waals surface area contributed by atoms with Crippen molar-refractivity contribution in [3.8, 4) is 5.88 Å². The van der Waals surface area contributed by atoms with Crippen molar-refractivity contribution in [2.75, 3.05) is 6.61 Å². The summed E-state index contributed by atoms with van der Waals surface area (Å²) in [6, 6.07) is 12.7. The highest BCUT2D eigenvalue weighted by atomic mass is 35.5. The topological polar surface area (TPSA) is 59.4 Å². The van der Waals surface area contributed by atoms with E-state index in [4.69, 9.17) is 21.4 Å². The summed E-state index contributed by atoms with van der Waals surface area (Å²) in [5, 5.41) is 9.03. The van der Waals surface area contributed by atoms with Crippen molar-refractivity contribution in [2.45, 2.75) is 12.8 Å². The predicted molar refractivity (Wildman–Crippen MR) is 76.5 cm³/mol. The molecule has 0 bridgehead atoms. The number of halogens is 1. The summed E-state index contributed by atoms with van der Waals surface area (Å²) in [7, 11) is 0. The van der Waals surface area contributed by atoms with Crippen LogP contribution in [0.1, 0.15) is 22.3 Å². The van der Waals surface area contributed by atoms with Gasteiger partial charge in [-0.15, -0.1) is 0 Å². The summed E-state index contributed by atoms with van der Waals surface area (Å²) < 4.78 is 5.44. The lowest BCUT2D eigenvalue weighted by atomic mass is 10.1. The Bertz CT molecular complexity index is 587. The maximum Gasteiger partial charge on any atom is 0.335 e. The number of pyridine rings is 1. The van der Waals surface area contributed by atoms with Gasteiger partial charge in [0.05, 0.1) is 12.2 Å². The van der Waals surface area contributed by atoms with Gasteiger partial charge in [0.1, 0.15) is 5.15 Å². The zero-order chi connectivity index (χ0) is 14.4. The van der Waals surface area contributed by atoms with Crippen LogP contribution >= 0.6 is 11.6 Å². The molecule has 0 radical (unpaired) electrons. The zero-order valence-electron chi connectivity index (χ0n) is 10.8. The fourth-order valence-electron chi connectivity index (χ4n) is 1.77. The van der Waals surface area contributed by atoms with Crippen LogP contribution in [-0.4, -0.2) is 22.7 Å². The second kappa shape index (κ2) is 6.91. The maximum absolute atomic E-state index is 10.9. The Labute approximate surface area is 122 Å². The Morgan fingerprint density at radius 3 is 2.70 bits per heavy atom. The van der Waals surface area contributed by atoms with Crippen molar-refractivity contribution in [2.24, 2.45) is 0 Å². The highest BCUT2D eigenvalue weighted by Gasteiger charge is 2.08. The Kier molecular flexibility index (Phi) is 4.96. The molecule has 2 rings (SSSR count). The average Bonchev–Trinajstić information content (AvgIpc) is 2.44. The lowest BCUT2D eigenvalue weighted by molar-refractivity contribution is 0.0696. The molecule has 1 aromatic heterocycles. The third kappa shape index (κ3) is 4.24. The van der Waals surface area contributed by atoms with E-state index < -0.39 is 5.97 Å². The number of carboxylic acids is 1. The van der Waals surface area contributed by atoms with E-state index in [9.17, 15) is 4.79 Å². The number of carboxylic acid groups (broad SMARTS) is 1. The number of aromatic carboxylic acids is 1. The Morgan fingerprint density at radius 2 is 2.00 bits per heavy atom. The van der Waals surface area contributed by atoms with Crippen LogP contribution < -0.4 is 4.74 Å². The number of benzene rings is 1. The molecule has 1 aromatic carbocycles. The quantitative estimate of drug-likeness (QED) is 0.654. The first-order chi connectivity index (χ1) is 9.65. The molecule has 0 aliphatic carbocycles. The van der Waals surface area contributed by atoms with Gasteiger partial charge in [0.25, 0.3) is 0 Å². The van der Waals surface area contributed by atoms with Crippen LogP contribution in [0.4, 0.5) is 0 Å². The zero-order valence-corrected chi connectivity index (χ0v) is 11.5. The first kappa shape index (κ1) is 14.3. The fourth-order valence-corrected chi connectivity index (χ4v) is 1.97. The molecule has 0 spiro atoms. The van der Waals surface area contributed by atoms with Gasteiger partial charge >= 0.3 is 5.97 Å². The number of ether oxygens (including phenoxy) is 1.